The second-order valence-electron chi connectivity index (χ2n) is 4.61. The molecule has 1 amide bonds. The summed E-state index contributed by atoms with van der Waals surface area (Å²) < 4.78 is 5.17. The van der Waals surface area contributed by atoms with Crippen LogP contribution in [0, 0.1) is 0 Å². The zero-order valence-electron chi connectivity index (χ0n) is 12.0. The Kier molecular flexibility index (Phi) is 5.44. The number of aliphatic hydroxyl groups excluding tert-OH is 1. The fraction of sp³-hybridized carbons (Fsp3) is 0.429. The number of nitrogens with zero attached hydrogens (tertiary/aromatic N) is 1. The number of ether oxygens (including phenoxy) is 1. The summed E-state index contributed by atoms with van der Waals surface area (Å²) in [4.78, 5) is 13.9. The first-order chi connectivity index (χ1) is 10.1. The van der Waals surface area contributed by atoms with Gasteiger partial charge < -0.3 is 15.2 Å². The Labute approximate surface area is 133 Å². The van der Waals surface area contributed by atoms with Crippen LogP contribution < -0.4 is 15.0 Å². The van der Waals surface area contributed by atoms with Gasteiger partial charge in [0.25, 0.3) is 5.91 Å². The van der Waals surface area contributed by atoms with Gasteiger partial charge >= 0.3 is 0 Å². The number of benzene rings is 1. The summed E-state index contributed by atoms with van der Waals surface area (Å²) in [5, 5.41) is 12.8. The van der Waals surface area contributed by atoms with Crippen LogP contribution in [-0.4, -0.2) is 41.3 Å². The van der Waals surface area contributed by atoms with Crippen LogP contribution in [0.15, 0.2) is 18.2 Å². The van der Waals surface area contributed by atoms with Crippen molar-refractivity contribution in [3.8, 4) is 5.75 Å². The summed E-state index contributed by atoms with van der Waals surface area (Å²) in [7, 11) is 1.54. The summed E-state index contributed by atoms with van der Waals surface area (Å²) in [5.74, 6) is 1.43. The van der Waals surface area contributed by atoms with Gasteiger partial charge in [0.05, 0.1) is 19.4 Å². The third-order valence-corrected chi connectivity index (χ3v) is 4.27. The lowest BCUT2D eigenvalue weighted by molar-refractivity contribution is -0.118. The lowest BCUT2D eigenvalue weighted by atomic mass is 10.1. The smallest absolute Gasteiger partial charge is 0.255 e. The van der Waals surface area contributed by atoms with Gasteiger partial charge in [-0.25, -0.2) is 0 Å². The number of amides is 1. The number of methoxy groups -OCH3 is 1. The number of nitrogens with one attached hydrogen (secondary N) is 1. The zero-order valence-corrected chi connectivity index (χ0v) is 13.6. The highest BCUT2D eigenvalue weighted by atomic mass is 32.2. The van der Waals surface area contributed by atoms with Crippen LogP contribution in [0.25, 0.3) is 0 Å². The summed E-state index contributed by atoms with van der Waals surface area (Å²) in [6.45, 7) is -0.158. The Morgan fingerprint density at radius 1 is 1.52 bits per heavy atom. The van der Waals surface area contributed by atoms with E-state index in [4.69, 9.17) is 17.0 Å². The molecule has 1 unspecified atom stereocenters. The fourth-order valence-electron chi connectivity index (χ4n) is 2.23. The average molecular weight is 326 g/mol. The second kappa shape index (κ2) is 7.11. The van der Waals surface area contributed by atoms with Crippen molar-refractivity contribution >= 4 is 40.7 Å². The molecular weight excluding hydrogens is 308 g/mol. The molecule has 1 fully saturated rings. The predicted octanol–water partition coefficient (Wildman–Crippen LogP) is 1.53. The van der Waals surface area contributed by atoms with Crippen LogP contribution in [0.3, 0.4) is 0 Å². The number of carbonyl (C=O) groups excluding carboxylic acids is 1. The van der Waals surface area contributed by atoms with E-state index in [1.807, 2.05) is 6.26 Å². The van der Waals surface area contributed by atoms with Crippen molar-refractivity contribution in [1.29, 1.82) is 0 Å². The van der Waals surface area contributed by atoms with E-state index in [1.54, 1.807) is 37.1 Å². The van der Waals surface area contributed by atoms with Crippen molar-refractivity contribution in [2.75, 3.05) is 24.0 Å². The molecule has 0 saturated carbocycles. The minimum absolute atomic E-state index is 0.0527. The van der Waals surface area contributed by atoms with Crippen molar-refractivity contribution in [2.24, 2.45) is 0 Å². The van der Waals surface area contributed by atoms with Crippen LogP contribution in [0.5, 0.6) is 5.75 Å². The molecular formula is C14H18N2O3S2. The first-order valence-electron chi connectivity index (χ1n) is 6.53. The van der Waals surface area contributed by atoms with Gasteiger partial charge in [-0.2, -0.15) is 11.8 Å². The molecule has 0 aromatic heterocycles. The standard InChI is InChI=1S/C14H18N2O3S2/c1-19-12-4-3-10(7-9(12)8-17)16-13(18)11(5-6-21-2)15-14(16)20/h3-4,7,11,17H,5-6,8H2,1-2H3,(H,15,20). The van der Waals surface area contributed by atoms with Gasteiger partial charge in [0.2, 0.25) is 0 Å². The molecule has 1 aromatic carbocycles. The van der Waals surface area contributed by atoms with Crippen LogP contribution in [0.2, 0.25) is 0 Å². The molecule has 1 aromatic rings. The summed E-state index contributed by atoms with van der Waals surface area (Å²) >= 11 is 6.96. The molecule has 2 N–H and O–H groups in total. The zero-order chi connectivity index (χ0) is 15.4. The third kappa shape index (κ3) is 3.30. The average Bonchev–Trinajstić information content (AvgIpc) is 2.78. The van der Waals surface area contributed by atoms with Crippen molar-refractivity contribution < 1.29 is 14.6 Å². The van der Waals surface area contributed by atoms with Gasteiger partial charge in [-0.1, -0.05) is 0 Å². The first kappa shape index (κ1) is 16.1. The molecule has 21 heavy (non-hydrogen) atoms. The maximum absolute atomic E-state index is 12.4. The van der Waals surface area contributed by atoms with Gasteiger partial charge in [0, 0.05) is 5.56 Å². The van der Waals surface area contributed by atoms with Gasteiger partial charge in [-0.3, -0.25) is 9.69 Å². The number of rotatable bonds is 6. The van der Waals surface area contributed by atoms with Crippen LogP contribution >= 0.6 is 24.0 Å². The minimum atomic E-state index is -0.273. The number of carbonyl (C=O) groups is 1. The topological polar surface area (TPSA) is 61.8 Å². The highest BCUT2D eigenvalue weighted by molar-refractivity contribution is 7.98. The minimum Gasteiger partial charge on any atom is -0.496 e. The Morgan fingerprint density at radius 3 is 2.90 bits per heavy atom. The summed E-state index contributed by atoms with van der Waals surface area (Å²) in [6.07, 6.45) is 2.74. The molecule has 1 aliphatic heterocycles. The summed E-state index contributed by atoms with van der Waals surface area (Å²) in [6, 6.07) is 4.94. The number of aliphatic hydroxyl groups is 1. The number of anilines is 1. The molecule has 1 saturated heterocycles. The van der Waals surface area contributed by atoms with Crippen LogP contribution in [0.1, 0.15) is 12.0 Å². The molecule has 1 aliphatic rings. The number of hydrogen-bond donors (Lipinski definition) is 2. The normalized spacial score (nSPS) is 18.0. The van der Waals surface area contributed by atoms with E-state index in [0.717, 1.165) is 12.2 Å². The van der Waals surface area contributed by atoms with E-state index in [1.165, 1.54) is 4.90 Å². The first-order valence-corrected chi connectivity index (χ1v) is 8.33. The maximum Gasteiger partial charge on any atom is 0.255 e. The van der Waals surface area contributed by atoms with Crippen molar-refractivity contribution in [3.05, 3.63) is 23.8 Å². The highest BCUT2D eigenvalue weighted by Crippen LogP contribution is 2.27. The van der Waals surface area contributed by atoms with Crippen molar-refractivity contribution in [1.82, 2.24) is 5.32 Å². The van der Waals surface area contributed by atoms with Crippen LogP contribution in [-0.2, 0) is 11.4 Å². The van der Waals surface area contributed by atoms with E-state index in [2.05, 4.69) is 5.32 Å². The number of thiocarbonyl (C=S) groups is 1. The van der Waals surface area contributed by atoms with E-state index in [0.29, 0.717) is 22.1 Å². The van der Waals surface area contributed by atoms with Gasteiger partial charge in [0.15, 0.2) is 5.11 Å². The lowest BCUT2D eigenvalue weighted by Crippen LogP contribution is -2.31. The molecule has 1 heterocycles. The van der Waals surface area contributed by atoms with E-state index >= 15 is 0 Å². The number of thioether (sulfide) groups is 1. The van der Waals surface area contributed by atoms with E-state index in [-0.39, 0.29) is 18.6 Å². The molecule has 0 radical (unpaired) electrons. The van der Waals surface area contributed by atoms with E-state index in [9.17, 15) is 9.90 Å². The lowest BCUT2D eigenvalue weighted by Gasteiger charge is -2.17. The summed E-state index contributed by atoms with van der Waals surface area (Å²) in [5.41, 5.74) is 1.27. The molecule has 1 atom stereocenters. The monoisotopic (exact) mass is 326 g/mol. The largest absolute Gasteiger partial charge is 0.496 e. The Morgan fingerprint density at radius 2 is 2.29 bits per heavy atom. The SMILES string of the molecule is COc1ccc(N2C(=O)C(CCSC)NC2=S)cc1CO. The Balaban J connectivity index is 2.25. The molecule has 0 bridgehead atoms. The second-order valence-corrected chi connectivity index (χ2v) is 5.98. The predicted molar refractivity (Wildman–Crippen MR) is 88.9 cm³/mol. The third-order valence-electron chi connectivity index (χ3n) is 3.32. The molecule has 2 rings (SSSR count). The maximum atomic E-state index is 12.4. The molecule has 5 nitrogen and oxygen atoms in total. The van der Waals surface area contributed by atoms with Crippen LogP contribution in [0.4, 0.5) is 5.69 Å². The highest BCUT2D eigenvalue weighted by Gasteiger charge is 2.36. The van der Waals surface area contributed by atoms with Crippen molar-refractivity contribution in [3.63, 3.8) is 0 Å². The quantitative estimate of drug-likeness (QED) is 0.773. The molecule has 7 heteroatoms. The van der Waals surface area contributed by atoms with Gasteiger partial charge in [-0.05, 0) is 48.8 Å². The van der Waals surface area contributed by atoms with E-state index < -0.39 is 0 Å². The van der Waals surface area contributed by atoms with Gasteiger partial charge in [-0.15, -0.1) is 0 Å². The fourth-order valence-corrected chi connectivity index (χ4v) is 3.04. The molecule has 114 valence electrons. The number of hydrogen-bond acceptors (Lipinski definition) is 5. The van der Waals surface area contributed by atoms with Crippen molar-refractivity contribution in [2.45, 2.75) is 19.1 Å². The Hall–Kier alpha value is -1.31. The Bertz CT molecular complexity index is 551. The molecule has 0 aliphatic carbocycles. The molecule has 0 spiro atoms. The van der Waals surface area contributed by atoms with Gasteiger partial charge in [0.1, 0.15) is 11.8 Å².